The number of nitrogens with zero attached hydrogens (tertiary/aromatic N) is 3. The molecular weight excluding hydrogens is 320 g/mol. The van der Waals surface area contributed by atoms with E-state index in [4.69, 9.17) is 11.6 Å². The Morgan fingerprint density at radius 1 is 1.30 bits per heavy atom. The number of carbonyl (C=O) groups is 1. The lowest BCUT2D eigenvalue weighted by Gasteiger charge is -2.05. The van der Waals surface area contributed by atoms with Gasteiger partial charge >= 0.3 is 0 Å². The lowest BCUT2D eigenvalue weighted by Crippen LogP contribution is -2.15. The molecule has 0 bridgehead atoms. The number of benzene rings is 2. The van der Waals surface area contributed by atoms with Gasteiger partial charge in [0.05, 0.1) is 16.0 Å². The maximum Gasteiger partial charge on any atom is 0.288 e. The first kappa shape index (κ1) is 15.0. The molecule has 1 heterocycles. The van der Waals surface area contributed by atoms with E-state index in [1.165, 1.54) is 12.1 Å². The van der Waals surface area contributed by atoms with Crippen molar-refractivity contribution in [1.29, 1.82) is 0 Å². The van der Waals surface area contributed by atoms with Crippen molar-refractivity contribution >= 4 is 40.2 Å². The number of nitro groups is 1. The number of carbonyl (C=O) groups excluding carboxylic acids is 1. The Labute approximate surface area is 135 Å². The summed E-state index contributed by atoms with van der Waals surface area (Å²) in [6.45, 7) is 0. The van der Waals surface area contributed by atoms with Gasteiger partial charge in [-0.2, -0.15) is 0 Å². The summed E-state index contributed by atoms with van der Waals surface area (Å²) in [5.74, 6) is -0.142. The fraction of sp³-hybridized carbons (Fsp3) is 0.0667. The zero-order valence-electron chi connectivity index (χ0n) is 12.0. The number of nitro benzene ring substituents is 1. The fourth-order valence-electron chi connectivity index (χ4n) is 2.22. The van der Waals surface area contributed by atoms with Gasteiger partial charge in [0, 0.05) is 18.7 Å². The van der Waals surface area contributed by atoms with E-state index in [1.807, 2.05) is 24.3 Å². The Morgan fingerprint density at radius 2 is 2.04 bits per heavy atom. The normalized spacial score (nSPS) is 10.7. The van der Waals surface area contributed by atoms with Crippen LogP contribution in [-0.2, 0) is 7.05 Å². The molecule has 0 spiro atoms. The van der Waals surface area contributed by atoms with Gasteiger partial charge in [0.15, 0.2) is 0 Å². The first-order valence-corrected chi connectivity index (χ1v) is 7.02. The Morgan fingerprint density at radius 3 is 2.74 bits per heavy atom. The zero-order valence-corrected chi connectivity index (χ0v) is 12.7. The van der Waals surface area contributed by atoms with Crippen LogP contribution in [0.2, 0.25) is 5.02 Å². The summed E-state index contributed by atoms with van der Waals surface area (Å²) < 4.78 is 1.73. The molecule has 0 fully saturated rings. The van der Waals surface area contributed by atoms with Crippen molar-refractivity contribution in [3.05, 3.63) is 63.2 Å². The summed E-state index contributed by atoms with van der Waals surface area (Å²) in [5.41, 5.74) is 1.43. The molecule has 3 aromatic rings. The molecule has 1 N–H and O–H groups in total. The molecule has 0 radical (unpaired) electrons. The summed E-state index contributed by atoms with van der Waals surface area (Å²) in [6, 6.07) is 11.3. The van der Waals surface area contributed by atoms with E-state index in [-0.39, 0.29) is 16.3 Å². The van der Waals surface area contributed by atoms with Gasteiger partial charge in [-0.25, -0.2) is 4.98 Å². The average Bonchev–Trinajstić information content (AvgIpc) is 2.84. The first-order valence-electron chi connectivity index (χ1n) is 6.64. The van der Waals surface area contributed by atoms with Gasteiger partial charge in [-0.3, -0.25) is 20.2 Å². The van der Waals surface area contributed by atoms with E-state index in [9.17, 15) is 14.9 Å². The van der Waals surface area contributed by atoms with E-state index < -0.39 is 10.8 Å². The molecule has 2 aromatic carbocycles. The highest BCUT2D eigenvalue weighted by atomic mass is 35.5. The molecule has 116 valence electrons. The van der Waals surface area contributed by atoms with Gasteiger partial charge in [-0.05, 0) is 24.3 Å². The summed E-state index contributed by atoms with van der Waals surface area (Å²) in [7, 11) is 1.77. The lowest BCUT2D eigenvalue weighted by atomic mass is 10.2. The number of amides is 1. The molecule has 0 saturated carbocycles. The van der Waals surface area contributed by atoms with Gasteiger partial charge in [-0.15, -0.1) is 0 Å². The topological polar surface area (TPSA) is 90.1 Å². The summed E-state index contributed by atoms with van der Waals surface area (Å²) in [4.78, 5) is 26.9. The smallest absolute Gasteiger partial charge is 0.288 e. The molecule has 0 aliphatic rings. The van der Waals surface area contributed by atoms with Crippen LogP contribution in [-0.4, -0.2) is 20.4 Å². The molecule has 0 saturated heterocycles. The van der Waals surface area contributed by atoms with Crippen LogP contribution in [0.3, 0.4) is 0 Å². The number of para-hydroxylation sites is 2. The van der Waals surface area contributed by atoms with Crippen molar-refractivity contribution in [3.8, 4) is 0 Å². The number of halogens is 1. The molecule has 0 atom stereocenters. The van der Waals surface area contributed by atoms with Crippen molar-refractivity contribution in [2.75, 3.05) is 5.32 Å². The van der Waals surface area contributed by atoms with Crippen molar-refractivity contribution in [1.82, 2.24) is 9.55 Å². The third kappa shape index (κ3) is 2.74. The number of hydrogen-bond donors (Lipinski definition) is 1. The minimum Gasteiger partial charge on any atom is -0.313 e. The molecule has 0 aliphatic heterocycles. The molecule has 3 rings (SSSR count). The fourth-order valence-corrected chi connectivity index (χ4v) is 2.41. The van der Waals surface area contributed by atoms with E-state index >= 15 is 0 Å². The number of rotatable bonds is 3. The minimum atomic E-state index is -0.631. The highest BCUT2D eigenvalue weighted by Gasteiger charge is 2.18. The number of aromatic nitrogens is 2. The van der Waals surface area contributed by atoms with E-state index in [0.717, 1.165) is 17.1 Å². The minimum absolute atomic E-state index is 0.0192. The predicted octanol–water partition coefficient (Wildman–Crippen LogP) is 3.39. The second kappa shape index (κ2) is 5.69. The van der Waals surface area contributed by atoms with Gasteiger partial charge in [0.1, 0.15) is 5.02 Å². The predicted molar refractivity (Wildman–Crippen MR) is 86.8 cm³/mol. The quantitative estimate of drug-likeness (QED) is 0.588. The maximum absolute atomic E-state index is 12.3. The van der Waals surface area contributed by atoms with E-state index in [2.05, 4.69) is 10.3 Å². The summed E-state index contributed by atoms with van der Waals surface area (Å²) in [6.07, 6.45) is 0. The molecule has 7 nitrogen and oxygen atoms in total. The number of aryl methyl sites for hydroxylation is 1. The number of fused-ring (bicyclic) bond motifs is 1. The van der Waals surface area contributed by atoms with Crippen molar-refractivity contribution in [2.24, 2.45) is 7.05 Å². The van der Waals surface area contributed by atoms with Gasteiger partial charge in [0.2, 0.25) is 5.95 Å². The molecule has 23 heavy (non-hydrogen) atoms. The van der Waals surface area contributed by atoms with Crippen LogP contribution in [0.4, 0.5) is 11.6 Å². The third-order valence-corrected chi connectivity index (χ3v) is 3.74. The summed E-state index contributed by atoms with van der Waals surface area (Å²) >= 11 is 5.74. The molecule has 1 amide bonds. The lowest BCUT2D eigenvalue weighted by molar-refractivity contribution is -0.384. The Hall–Kier alpha value is -2.93. The molecule has 0 unspecified atom stereocenters. The third-order valence-electron chi connectivity index (χ3n) is 3.42. The average molecular weight is 331 g/mol. The number of nitrogens with one attached hydrogen (secondary N) is 1. The molecule has 1 aromatic heterocycles. The Kier molecular flexibility index (Phi) is 3.71. The summed E-state index contributed by atoms with van der Waals surface area (Å²) in [5, 5.41) is 13.5. The van der Waals surface area contributed by atoms with Crippen LogP contribution in [0.25, 0.3) is 11.0 Å². The van der Waals surface area contributed by atoms with Crippen LogP contribution in [0.15, 0.2) is 42.5 Å². The van der Waals surface area contributed by atoms with Crippen LogP contribution >= 0.6 is 11.6 Å². The second-order valence-corrected chi connectivity index (χ2v) is 5.27. The molecular formula is C15H11ClN4O3. The van der Waals surface area contributed by atoms with Crippen molar-refractivity contribution < 1.29 is 9.72 Å². The molecule has 0 aliphatic carbocycles. The number of hydrogen-bond acceptors (Lipinski definition) is 4. The Bertz CT molecular complexity index is 936. The maximum atomic E-state index is 12.3. The van der Waals surface area contributed by atoms with Crippen molar-refractivity contribution in [2.45, 2.75) is 0 Å². The highest BCUT2D eigenvalue weighted by Crippen LogP contribution is 2.25. The van der Waals surface area contributed by atoms with Gasteiger partial charge < -0.3 is 4.57 Å². The van der Waals surface area contributed by atoms with Gasteiger partial charge in [0.25, 0.3) is 11.6 Å². The standard InChI is InChI=1S/C15H11ClN4O3/c1-19-12-5-3-2-4-11(12)17-15(19)18-14(21)9-6-7-10(16)13(8-9)20(22)23/h2-8H,1H3,(H,17,18,21). The van der Waals surface area contributed by atoms with Crippen molar-refractivity contribution in [3.63, 3.8) is 0 Å². The van der Waals surface area contributed by atoms with Gasteiger partial charge in [-0.1, -0.05) is 23.7 Å². The highest BCUT2D eigenvalue weighted by molar-refractivity contribution is 6.32. The first-order chi connectivity index (χ1) is 11.0. The van der Waals surface area contributed by atoms with Crippen LogP contribution in [0.5, 0.6) is 0 Å². The van der Waals surface area contributed by atoms with E-state index in [1.54, 1.807) is 11.6 Å². The van der Waals surface area contributed by atoms with E-state index in [0.29, 0.717) is 5.95 Å². The monoisotopic (exact) mass is 330 g/mol. The number of imidazole rings is 1. The van der Waals surface area contributed by atoms with Crippen LogP contribution < -0.4 is 5.32 Å². The second-order valence-electron chi connectivity index (χ2n) is 4.86. The van der Waals surface area contributed by atoms with Crippen LogP contribution in [0.1, 0.15) is 10.4 Å². The Balaban J connectivity index is 1.93. The zero-order chi connectivity index (χ0) is 16.6. The SMILES string of the molecule is Cn1c(NC(=O)c2ccc(Cl)c([N+](=O)[O-])c2)nc2ccccc21. The largest absolute Gasteiger partial charge is 0.313 e. The molecule has 8 heteroatoms. The van der Waals surface area contributed by atoms with Crippen LogP contribution in [0, 0.1) is 10.1 Å². The number of anilines is 1.